The largest absolute Gasteiger partial charge is 0.478 e. The van der Waals surface area contributed by atoms with Gasteiger partial charge < -0.3 is 38.1 Å². The zero-order valence-corrected chi connectivity index (χ0v) is 56.7. The maximum atomic E-state index is 14.0. The molecule has 2 fully saturated rings. The molecule has 0 spiro atoms. The number of aromatic amines is 3. The summed E-state index contributed by atoms with van der Waals surface area (Å²) in [7, 11) is -1.74. The zero-order valence-electron chi connectivity index (χ0n) is 60.9. The molecule has 5 N–H and O–H groups in total. The third-order valence-electron chi connectivity index (χ3n) is 18.9. The van der Waals surface area contributed by atoms with Gasteiger partial charge in [-0.25, -0.2) is 36.2 Å². The van der Waals surface area contributed by atoms with Crippen molar-refractivity contribution in [2.24, 2.45) is 0 Å². The third kappa shape index (κ3) is 13.1. The molecular formula is C80H69F3N10O9S. The smallest absolute Gasteiger partial charge is 0.335 e. The van der Waals surface area contributed by atoms with Crippen molar-refractivity contribution in [1.29, 1.82) is 0 Å². The average Bonchev–Trinajstić information content (AvgIpc) is 1.48. The Hall–Kier alpha value is -11.5. The molecule has 2 saturated heterocycles. The summed E-state index contributed by atoms with van der Waals surface area (Å²) < 4.78 is 133. The molecular weight excluding hydrogens is 1330 g/mol. The van der Waals surface area contributed by atoms with Gasteiger partial charge >= 0.3 is 11.9 Å². The highest BCUT2D eigenvalue weighted by Gasteiger charge is 2.32. The number of nitrogens with one attached hydrogen (secondary N) is 3. The molecule has 7 aromatic heterocycles. The van der Waals surface area contributed by atoms with Crippen LogP contribution in [0.25, 0.3) is 116 Å². The number of carbonyl (C=O) groups is 2. The quantitative estimate of drug-likeness (QED) is 0.0680. The number of carboxylic acids is 2. The predicted octanol–water partition coefficient (Wildman–Crippen LogP) is 16.9. The van der Waals surface area contributed by atoms with Gasteiger partial charge in [0.15, 0.2) is 14.9 Å². The first-order valence-electron chi connectivity index (χ1n) is 35.5. The van der Waals surface area contributed by atoms with Gasteiger partial charge in [0.25, 0.3) is 0 Å². The number of ether oxygens (including phenoxy) is 3. The molecule has 0 saturated carbocycles. The van der Waals surface area contributed by atoms with E-state index in [0.29, 0.717) is 52.9 Å². The van der Waals surface area contributed by atoms with Gasteiger partial charge in [-0.3, -0.25) is 15.3 Å². The zero-order chi connectivity index (χ0) is 75.9. The fraction of sp³-hybridized carbons (Fsp3) is 0.200. The Bertz CT molecular complexity index is 6080. The van der Waals surface area contributed by atoms with Crippen molar-refractivity contribution in [3.8, 4) is 50.4 Å². The molecule has 8 aromatic carbocycles. The summed E-state index contributed by atoms with van der Waals surface area (Å²) in [6.07, 6.45) is 5.23. The van der Waals surface area contributed by atoms with Crippen LogP contribution < -0.4 is 0 Å². The Morgan fingerprint density at radius 1 is 0.553 bits per heavy atom. The van der Waals surface area contributed by atoms with Crippen molar-refractivity contribution in [2.75, 3.05) is 39.8 Å². The molecule has 19 nitrogen and oxygen atoms in total. The summed E-state index contributed by atoms with van der Waals surface area (Å²) in [5, 5.41) is 45.5. The Morgan fingerprint density at radius 3 is 1.38 bits per heavy atom. The number of nitrogens with zero attached hydrogens (tertiary/aromatic N) is 7. The normalized spacial score (nSPS) is 16.0. The molecule has 0 bridgehead atoms. The van der Waals surface area contributed by atoms with Crippen LogP contribution in [0, 0.1) is 17.5 Å². The first-order chi connectivity index (χ1) is 51.6. The standard InChI is InChI=1S/C27H22FN3O3.C27H24FN3O3.C26H23FN4O3S/c28-20-5-7-21(8-6-20)31-24-13-19-15-29-30-23(19)14-22(24)25(26(31)17-9-11-34-12-10-17)16-1-3-18(4-2-16)27(32)33;1-27(2,34-3)14-24-25(16-4-6-17(7-5-16)26(32)33)21-13-22-18(15-29-30-22)12-23(21)31(24)20-10-8-19(28)9-11-20;1-35(32,33)24-7-2-17(14-28-24)25-21-13-22-18(15-29-30-22)12-23(21)31(20-5-3-19(27)4-6-20)26(25)16-8-10-34-11-9-16/h1-8,13-15,17H,9-12H2,(H,29,30)(H,32,33);4-13,15H,14H2,1-3H3,(H,29,30)(H,32,33);2-7,12-16H,8-11H2,1H3,(H,29,30)/i9D2,10D2,17D;;. The summed E-state index contributed by atoms with van der Waals surface area (Å²) in [6.45, 7) is 4.33. The lowest BCUT2D eigenvalue weighted by molar-refractivity contribution is 0.0223. The van der Waals surface area contributed by atoms with Crippen LogP contribution in [0.2, 0.25) is 0 Å². The summed E-state index contributed by atoms with van der Waals surface area (Å²) in [5.41, 5.74) is 13.3. The fourth-order valence-electron chi connectivity index (χ4n) is 13.8. The maximum absolute atomic E-state index is 14.0. The molecule has 0 amide bonds. The number of hydrogen-bond acceptors (Lipinski definition) is 11. The molecule has 9 heterocycles. The van der Waals surface area contributed by atoms with E-state index in [0.717, 1.165) is 113 Å². The van der Waals surface area contributed by atoms with Crippen LogP contribution in [0.15, 0.2) is 200 Å². The summed E-state index contributed by atoms with van der Waals surface area (Å²) >= 11 is 0. The summed E-state index contributed by atoms with van der Waals surface area (Å²) in [5.74, 6) is -5.49. The van der Waals surface area contributed by atoms with Crippen LogP contribution in [-0.2, 0) is 30.5 Å². The number of aromatic nitrogens is 10. The van der Waals surface area contributed by atoms with E-state index >= 15 is 0 Å². The number of sulfone groups is 1. The minimum atomic E-state index is -3.42. The average molecular weight is 1410 g/mol. The lowest BCUT2D eigenvalue weighted by Crippen LogP contribution is -2.27. The lowest BCUT2D eigenvalue weighted by Gasteiger charge is -2.26. The number of H-pyrrole nitrogens is 3. The number of fused-ring (bicyclic) bond motifs is 6. The van der Waals surface area contributed by atoms with Gasteiger partial charge in [-0.1, -0.05) is 24.3 Å². The van der Waals surface area contributed by atoms with E-state index in [1.807, 2.05) is 32.0 Å². The van der Waals surface area contributed by atoms with E-state index in [1.54, 1.807) is 103 Å². The van der Waals surface area contributed by atoms with Crippen LogP contribution in [0.3, 0.4) is 0 Å². The fourth-order valence-corrected chi connectivity index (χ4v) is 14.4. The number of aromatic carboxylic acids is 2. The van der Waals surface area contributed by atoms with Gasteiger partial charge in [0.2, 0.25) is 0 Å². The van der Waals surface area contributed by atoms with Crippen molar-refractivity contribution in [2.45, 2.75) is 68.3 Å². The highest BCUT2D eigenvalue weighted by molar-refractivity contribution is 7.90. The van der Waals surface area contributed by atoms with E-state index in [2.05, 4.69) is 69.0 Å². The Labute approximate surface area is 595 Å². The van der Waals surface area contributed by atoms with Crippen molar-refractivity contribution in [3.05, 3.63) is 240 Å². The number of methoxy groups -OCH3 is 1. The number of hydrogen-bond donors (Lipinski definition) is 5. The molecule has 15 aromatic rings. The molecule has 2 aliphatic rings. The number of benzene rings is 8. The van der Waals surface area contributed by atoms with Crippen molar-refractivity contribution >= 4 is 87.2 Å². The third-order valence-corrected chi connectivity index (χ3v) is 19.9. The molecule has 520 valence electrons. The second-order valence-electron chi connectivity index (χ2n) is 25.9. The maximum Gasteiger partial charge on any atom is 0.335 e. The van der Waals surface area contributed by atoms with Crippen molar-refractivity contribution < 1.29 is 62.5 Å². The van der Waals surface area contributed by atoms with E-state index in [1.165, 1.54) is 60.7 Å². The summed E-state index contributed by atoms with van der Waals surface area (Å²) in [4.78, 5) is 27.2. The second-order valence-corrected chi connectivity index (χ2v) is 27.9. The Morgan fingerprint density at radius 2 is 0.951 bits per heavy atom. The molecule has 17 rings (SSSR count). The Balaban J connectivity index is 0.000000130. The molecule has 103 heavy (non-hydrogen) atoms. The van der Waals surface area contributed by atoms with Crippen LogP contribution in [0.5, 0.6) is 0 Å². The van der Waals surface area contributed by atoms with E-state index in [-0.39, 0.29) is 39.4 Å². The van der Waals surface area contributed by atoms with Gasteiger partial charge in [-0.05, 0) is 196 Å². The first-order valence-corrected chi connectivity index (χ1v) is 34.9. The number of halogens is 3. The van der Waals surface area contributed by atoms with Crippen LogP contribution in [0.4, 0.5) is 13.2 Å². The van der Waals surface area contributed by atoms with Crippen LogP contribution >= 0.6 is 0 Å². The van der Waals surface area contributed by atoms with E-state index in [9.17, 15) is 42.8 Å². The van der Waals surface area contributed by atoms with Gasteiger partial charge in [-0.15, -0.1) is 0 Å². The highest BCUT2D eigenvalue weighted by atomic mass is 32.2. The van der Waals surface area contributed by atoms with E-state index < -0.39 is 65.0 Å². The lowest BCUT2D eigenvalue weighted by atomic mass is 9.89. The van der Waals surface area contributed by atoms with Gasteiger partial charge in [-0.2, -0.15) is 15.3 Å². The number of rotatable bonds is 14. The number of carboxylic acid groups (broad SMARTS) is 2. The van der Waals surface area contributed by atoms with Crippen molar-refractivity contribution in [3.63, 3.8) is 0 Å². The van der Waals surface area contributed by atoms with Crippen LogP contribution in [-0.4, -0.2) is 125 Å². The SMILES string of the molecule is COC(C)(C)Cc1c(-c2ccc(C(=O)O)cc2)c2cc3[nH]ncc3cc2n1-c1ccc(F)cc1.CS(=O)(=O)c1ccc(-c2c(C3CCOCC3)n(-c3ccc(F)cc3)c3cc4cn[nH]c4cc23)cn1.[2H]C1([2H])COCC([2H])([2H])C1([2H])c1c(-c2ccc(C(=O)O)cc2)c2cc3[nH]ncc3cc2n1-c1ccc(F)cc1. The van der Waals surface area contributed by atoms with Gasteiger partial charge in [0.1, 0.15) is 17.5 Å². The van der Waals surface area contributed by atoms with Crippen molar-refractivity contribution in [1.82, 2.24) is 49.3 Å². The topological polar surface area (TPSA) is 250 Å². The minimum Gasteiger partial charge on any atom is -0.478 e. The summed E-state index contributed by atoms with van der Waals surface area (Å²) in [6, 6.07) is 46.4. The molecule has 0 unspecified atom stereocenters. The van der Waals surface area contributed by atoms with Gasteiger partial charge in [0, 0.05) is 160 Å². The molecule has 2 aliphatic heterocycles. The molecule has 0 radical (unpaired) electrons. The van der Waals surface area contributed by atoms with E-state index in [4.69, 9.17) is 19.7 Å². The minimum absolute atomic E-state index is 0.00564. The predicted molar refractivity (Wildman–Crippen MR) is 390 cm³/mol. The molecule has 0 aliphatic carbocycles. The number of pyridine rings is 1. The highest BCUT2D eigenvalue weighted by Crippen LogP contribution is 2.48. The van der Waals surface area contributed by atoms with Crippen LogP contribution in [0.1, 0.15) is 95.9 Å². The Kier molecular flexibility index (Phi) is 16.4. The first kappa shape index (κ1) is 61.4. The molecule has 23 heteroatoms. The monoisotopic (exact) mass is 1410 g/mol. The second kappa shape index (κ2) is 27.5. The molecule has 0 atom stereocenters. The van der Waals surface area contributed by atoms with Gasteiger partial charge in [0.05, 0.1) is 68.4 Å².